The average Bonchev–Trinajstić information content (AvgIpc) is 2.80. The first kappa shape index (κ1) is 19.5. The van der Waals surface area contributed by atoms with E-state index in [1.807, 2.05) is 60.7 Å². The second-order valence-corrected chi connectivity index (χ2v) is 7.04. The number of hydrogen-bond donors (Lipinski definition) is 1. The Labute approximate surface area is 174 Å². The Kier molecular flexibility index (Phi) is 5.94. The number of amides is 1. The van der Waals surface area contributed by atoms with E-state index in [1.54, 1.807) is 22.9 Å². The van der Waals surface area contributed by atoms with Gasteiger partial charge in [0, 0.05) is 25.6 Å². The smallest absolute Gasteiger partial charge is 0.263 e. The third-order valence-corrected chi connectivity index (χ3v) is 4.90. The van der Waals surface area contributed by atoms with Crippen molar-refractivity contribution in [2.75, 3.05) is 0 Å². The Balaban J connectivity index is 1.55. The van der Waals surface area contributed by atoms with Crippen molar-refractivity contribution in [3.8, 4) is 0 Å². The fourth-order valence-electron chi connectivity index (χ4n) is 3.33. The van der Waals surface area contributed by atoms with Crippen molar-refractivity contribution in [1.29, 1.82) is 0 Å². The maximum Gasteiger partial charge on any atom is 0.263 e. The monoisotopic (exact) mass is 398 g/mol. The predicted octanol–water partition coefficient (Wildman–Crippen LogP) is 3.09. The molecule has 0 bridgehead atoms. The van der Waals surface area contributed by atoms with Gasteiger partial charge in [-0.3, -0.25) is 14.2 Å². The van der Waals surface area contributed by atoms with E-state index in [2.05, 4.69) is 15.3 Å². The number of benzene rings is 2. The summed E-state index contributed by atoms with van der Waals surface area (Å²) in [7, 11) is 0. The highest BCUT2D eigenvalue weighted by molar-refractivity contribution is 5.76. The van der Waals surface area contributed by atoms with Gasteiger partial charge >= 0.3 is 0 Å². The van der Waals surface area contributed by atoms with Crippen molar-refractivity contribution in [3.05, 3.63) is 106 Å². The maximum atomic E-state index is 13.1. The first-order chi connectivity index (χ1) is 14.7. The molecule has 30 heavy (non-hydrogen) atoms. The Bertz CT molecular complexity index is 1200. The minimum Gasteiger partial charge on any atom is -0.352 e. The molecular formula is C24H22N4O2. The summed E-state index contributed by atoms with van der Waals surface area (Å²) in [5.41, 5.74) is 2.31. The molecule has 0 aliphatic heterocycles. The van der Waals surface area contributed by atoms with Gasteiger partial charge in [-0.05, 0) is 23.3 Å². The summed E-state index contributed by atoms with van der Waals surface area (Å²) in [6, 6.07) is 23.0. The largest absolute Gasteiger partial charge is 0.352 e. The number of nitrogens with zero attached hydrogens (tertiary/aromatic N) is 3. The van der Waals surface area contributed by atoms with Gasteiger partial charge in [-0.2, -0.15) is 0 Å². The molecule has 4 rings (SSSR count). The Hall–Kier alpha value is -3.80. The van der Waals surface area contributed by atoms with Gasteiger partial charge in [0.2, 0.25) is 5.91 Å². The molecule has 6 heteroatoms. The van der Waals surface area contributed by atoms with E-state index in [1.165, 1.54) is 0 Å². The molecule has 0 atom stereocenters. The molecule has 0 saturated carbocycles. The summed E-state index contributed by atoms with van der Waals surface area (Å²) in [6.07, 6.45) is 2.22. The van der Waals surface area contributed by atoms with Crippen LogP contribution in [0.25, 0.3) is 11.0 Å². The summed E-state index contributed by atoms with van der Waals surface area (Å²) in [5.74, 6) is 0.477. The van der Waals surface area contributed by atoms with Gasteiger partial charge in [0.15, 0.2) is 5.65 Å². The number of fused-ring (bicyclic) bond motifs is 1. The fourth-order valence-corrected chi connectivity index (χ4v) is 3.33. The molecule has 0 fully saturated rings. The number of rotatable bonds is 7. The van der Waals surface area contributed by atoms with Crippen molar-refractivity contribution in [1.82, 2.24) is 19.9 Å². The number of aryl methyl sites for hydroxylation is 1. The summed E-state index contributed by atoms with van der Waals surface area (Å²) >= 11 is 0. The predicted molar refractivity (Wildman–Crippen MR) is 116 cm³/mol. The lowest BCUT2D eigenvalue weighted by Crippen LogP contribution is -2.28. The molecule has 150 valence electrons. The first-order valence-electron chi connectivity index (χ1n) is 9.90. The van der Waals surface area contributed by atoms with Crippen molar-refractivity contribution >= 4 is 16.9 Å². The van der Waals surface area contributed by atoms with Crippen LogP contribution in [0.3, 0.4) is 0 Å². The van der Waals surface area contributed by atoms with E-state index >= 15 is 0 Å². The molecule has 1 N–H and O–H groups in total. The SMILES string of the molecule is O=C(CCc1nc2ncccc2c(=O)n1Cc1ccccc1)NCc1ccccc1. The molecule has 2 aromatic carbocycles. The number of hydrogen-bond acceptors (Lipinski definition) is 4. The molecular weight excluding hydrogens is 376 g/mol. The maximum absolute atomic E-state index is 13.1. The molecule has 1 amide bonds. The lowest BCUT2D eigenvalue weighted by molar-refractivity contribution is -0.121. The van der Waals surface area contributed by atoms with Crippen LogP contribution in [0, 0.1) is 0 Å². The summed E-state index contributed by atoms with van der Waals surface area (Å²) in [4.78, 5) is 34.3. The van der Waals surface area contributed by atoms with E-state index in [0.717, 1.165) is 11.1 Å². The van der Waals surface area contributed by atoms with Crippen molar-refractivity contribution in [2.45, 2.75) is 25.9 Å². The third-order valence-electron chi connectivity index (χ3n) is 4.90. The van der Waals surface area contributed by atoms with E-state index in [4.69, 9.17) is 0 Å². The van der Waals surface area contributed by atoms with Crippen LogP contribution in [0.5, 0.6) is 0 Å². The van der Waals surface area contributed by atoms with Gasteiger partial charge in [0.1, 0.15) is 5.82 Å². The molecule has 0 unspecified atom stereocenters. The lowest BCUT2D eigenvalue weighted by Gasteiger charge is -2.13. The molecule has 0 spiro atoms. The Morgan fingerprint density at radius 3 is 2.33 bits per heavy atom. The molecule has 0 radical (unpaired) electrons. The van der Waals surface area contributed by atoms with Crippen LogP contribution in [0.15, 0.2) is 83.8 Å². The first-order valence-corrected chi connectivity index (χ1v) is 9.90. The lowest BCUT2D eigenvalue weighted by atomic mass is 10.2. The molecule has 2 heterocycles. The van der Waals surface area contributed by atoms with Crippen LogP contribution >= 0.6 is 0 Å². The number of pyridine rings is 1. The van der Waals surface area contributed by atoms with Crippen LogP contribution in [-0.4, -0.2) is 20.4 Å². The van der Waals surface area contributed by atoms with Crippen molar-refractivity contribution < 1.29 is 4.79 Å². The van der Waals surface area contributed by atoms with Gasteiger partial charge < -0.3 is 5.32 Å². The van der Waals surface area contributed by atoms with Crippen molar-refractivity contribution in [2.24, 2.45) is 0 Å². The van der Waals surface area contributed by atoms with E-state index < -0.39 is 0 Å². The number of carbonyl (C=O) groups is 1. The summed E-state index contributed by atoms with van der Waals surface area (Å²) in [5, 5.41) is 3.40. The van der Waals surface area contributed by atoms with E-state index in [0.29, 0.717) is 36.4 Å². The standard InChI is InChI=1S/C24H22N4O2/c29-22(26-16-18-8-3-1-4-9-18)14-13-21-27-23-20(12-7-15-25-23)24(30)28(21)17-19-10-5-2-6-11-19/h1-12,15H,13-14,16-17H2,(H,26,29). The van der Waals surface area contributed by atoms with Gasteiger partial charge in [-0.1, -0.05) is 60.7 Å². The van der Waals surface area contributed by atoms with Gasteiger partial charge in [-0.15, -0.1) is 0 Å². The molecule has 6 nitrogen and oxygen atoms in total. The van der Waals surface area contributed by atoms with Crippen LogP contribution in [-0.2, 0) is 24.3 Å². The Morgan fingerprint density at radius 2 is 1.60 bits per heavy atom. The van der Waals surface area contributed by atoms with Crippen LogP contribution in [0.1, 0.15) is 23.4 Å². The second kappa shape index (κ2) is 9.13. The highest BCUT2D eigenvalue weighted by atomic mass is 16.1. The molecule has 0 saturated heterocycles. The second-order valence-electron chi connectivity index (χ2n) is 7.04. The minimum absolute atomic E-state index is 0.0829. The van der Waals surface area contributed by atoms with Crippen LogP contribution in [0.4, 0.5) is 0 Å². The van der Waals surface area contributed by atoms with E-state index in [-0.39, 0.29) is 17.9 Å². The number of carbonyl (C=O) groups excluding carboxylic acids is 1. The van der Waals surface area contributed by atoms with Crippen LogP contribution < -0.4 is 10.9 Å². The minimum atomic E-state index is -0.142. The molecule has 0 aliphatic carbocycles. The van der Waals surface area contributed by atoms with Crippen LogP contribution in [0.2, 0.25) is 0 Å². The fraction of sp³-hybridized carbons (Fsp3) is 0.167. The highest BCUT2D eigenvalue weighted by Gasteiger charge is 2.13. The zero-order valence-corrected chi connectivity index (χ0v) is 16.5. The molecule has 4 aromatic rings. The highest BCUT2D eigenvalue weighted by Crippen LogP contribution is 2.10. The zero-order chi connectivity index (χ0) is 20.8. The normalized spacial score (nSPS) is 10.8. The topological polar surface area (TPSA) is 76.9 Å². The summed E-state index contributed by atoms with van der Waals surface area (Å²) < 4.78 is 1.64. The van der Waals surface area contributed by atoms with Gasteiger partial charge in [-0.25, -0.2) is 9.97 Å². The average molecular weight is 398 g/mol. The van der Waals surface area contributed by atoms with Gasteiger partial charge in [0.05, 0.1) is 11.9 Å². The zero-order valence-electron chi connectivity index (χ0n) is 16.5. The molecule has 2 aromatic heterocycles. The quantitative estimate of drug-likeness (QED) is 0.519. The summed E-state index contributed by atoms with van der Waals surface area (Å²) in [6.45, 7) is 0.877. The van der Waals surface area contributed by atoms with Crippen molar-refractivity contribution in [3.63, 3.8) is 0 Å². The number of nitrogens with one attached hydrogen (secondary N) is 1. The Morgan fingerprint density at radius 1 is 0.900 bits per heavy atom. The third kappa shape index (κ3) is 4.60. The van der Waals surface area contributed by atoms with E-state index in [9.17, 15) is 9.59 Å². The van der Waals surface area contributed by atoms with Gasteiger partial charge in [0.25, 0.3) is 5.56 Å². The molecule has 0 aliphatic rings. The number of aromatic nitrogens is 3.